The average molecular weight is 545 g/mol. The Bertz CT molecular complexity index is 1320. The van der Waals surface area contributed by atoms with Crippen molar-refractivity contribution in [2.75, 3.05) is 25.4 Å². The van der Waals surface area contributed by atoms with Crippen molar-refractivity contribution in [2.45, 2.75) is 24.4 Å². The van der Waals surface area contributed by atoms with Gasteiger partial charge in [-0.25, -0.2) is 14.8 Å². The lowest BCUT2D eigenvalue weighted by molar-refractivity contribution is 0.117. The molecule has 0 N–H and O–H groups in total. The number of hydrogen-bond donors (Lipinski definition) is 0. The van der Waals surface area contributed by atoms with Gasteiger partial charge in [-0.1, -0.05) is 30.0 Å². The van der Waals surface area contributed by atoms with Gasteiger partial charge in [0.25, 0.3) is 0 Å². The van der Waals surface area contributed by atoms with Crippen LogP contribution in [0, 0.1) is 5.92 Å². The van der Waals surface area contributed by atoms with Crippen LogP contribution in [0.2, 0.25) is 0 Å². The summed E-state index contributed by atoms with van der Waals surface area (Å²) in [5.41, 5.74) is 1.20. The average Bonchev–Trinajstić information content (AvgIpc) is 3.38. The minimum Gasteiger partial charge on any atom is -0.493 e. The number of ether oxygens (including phenoxy) is 3. The van der Waals surface area contributed by atoms with Crippen LogP contribution in [-0.4, -0.2) is 51.0 Å². The van der Waals surface area contributed by atoms with E-state index in [4.69, 9.17) is 14.2 Å². The highest BCUT2D eigenvalue weighted by atomic mass is 32.2. The summed E-state index contributed by atoms with van der Waals surface area (Å²) in [4.78, 5) is 23.0. The van der Waals surface area contributed by atoms with Gasteiger partial charge in [0.1, 0.15) is 17.2 Å². The van der Waals surface area contributed by atoms with Gasteiger partial charge in [0.05, 0.1) is 6.61 Å². The molecule has 0 atom stereocenters. The van der Waals surface area contributed by atoms with Crippen molar-refractivity contribution < 1.29 is 19.0 Å². The van der Waals surface area contributed by atoms with Gasteiger partial charge in [-0.05, 0) is 73.2 Å². The molecule has 0 radical (unpaired) electrons. The SMILES string of the molecule is Cn1ccnc1SCCc1ccc(OC(=O)N2CCC(COc3ccc(Oc4ccccn4)cc3)CC2)cc1. The summed E-state index contributed by atoms with van der Waals surface area (Å²) in [7, 11) is 2.00. The number of carbonyl (C=O) groups is 1. The molecule has 0 saturated carbocycles. The van der Waals surface area contributed by atoms with Gasteiger partial charge < -0.3 is 23.7 Å². The molecule has 39 heavy (non-hydrogen) atoms. The van der Waals surface area contributed by atoms with Crippen molar-refractivity contribution >= 4 is 17.9 Å². The van der Waals surface area contributed by atoms with Gasteiger partial charge >= 0.3 is 6.09 Å². The molecule has 0 unspecified atom stereocenters. The largest absolute Gasteiger partial charge is 0.493 e. The summed E-state index contributed by atoms with van der Waals surface area (Å²) in [6.45, 7) is 1.93. The molecule has 1 aliphatic heterocycles. The summed E-state index contributed by atoms with van der Waals surface area (Å²) >= 11 is 1.73. The third-order valence-corrected chi connectivity index (χ3v) is 7.63. The fourth-order valence-electron chi connectivity index (χ4n) is 4.27. The van der Waals surface area contributed by atoms with Crippen molar-refractivity contribution in [2.24, 2.45) is 13.0 Å². The van der Waals surface area contributed by atoms with Crippen molar-refractivity contribution in [3.05, 3.63) is 90.9 Å². The van der Waals surface area contributed by atoms with Crippen molar-refractivity contribution in [1.82, 2.24) is 19.4 Å². The van der Waals surface area contributed by atoms with Crippen LogP contribution < -0.4 is 14.2 Å². The molecular formula is C30H32N4O4S. The number of aromatic nitrogens is 3. The van der Waals surface area contributed by atoms with Crippen molar-refractivity contribution in [3.63, 3.8) is 0 Å². The zero-order valence-electron chi connectivity index (χ0n) is 21.9. The molecule has 8 nitrogen and oxygen atoms in total. The highest BCUT2D eigenvalue weighted by molar-refractivity contribution is 7.99. The molecule has 0 spiro atoms. The first-order valence-electron chi connectivity index (χ1n) is 13.1. The number of amides is 1. The van der Waals surface area contributed by atoms with E-state index in [1.807, 2.05) is 90.7 Å². The number of thioether (sulfide) groups is 1. The minimum atomic E-state index is -0.295. The second-order valence-electron chi connectivity index (χ2n) is 9.41. The quantitative estimate of drug-likeness (QED) is 0.219. The van der Waals surface area contributed by atoms with Gasteiger partial charge in [-0.2, -0.15) is 0 Å². The Morgan fingerprint density at radius 2 is 1.67 bits per heavy atom. The van der Waals surface area contributed by atoms with Gasteiger partial charge in [0.2, 0.25) is 5.88 Å². The van der Waals surface area contributed by atoms with Crippen LogP contribution in [0.25, 0.3) is 0 Å². The molecule has 1 fully saturated rings. The predicted octanol–water partition coefficient (Wildman–Crippen LogP) is 6.23. The molecule has 5 rings (SSSR count). The molecule has 0 aliphatic carbocycles. The Kier molecular flexibility index (Phi) is 9.01. The van der Waals surface area contributed by atoms with E-state index in [-0.39, 0.29) is 6.09 Å². The van der Waals surface area contributed by atoms with Gasteiger partial charge in [0, 0.05) is 50.5 Å². The summed E-state index contributed by atoms with van der Waals surface area (Å²) in [6, 6.07) is 20.9. The molecule has 2 aromatic carbocycles. The highest BCUT2D eigenvalue weighted by Gasteiger charge is 2.24. The Morgan fingerprint density at radius 3 is 2.36 bits per heavy atom. The van der Waals surface area contributed by atoms with E-state index in [9.17, 15) is 4.79 Å². The molecule has 1 amide bonds. The van der Waals surface area contributed by atoms with E-state index in [1.54, 1.807) is 22.9 Å². The topological polar surface area (TPSA) is 78.7 Å². The van der Waals surface area contributed by atoms with Crippen molar-refractivity contribution in [1.29, 1.82) is 0 Å². The third kappa shape index (κ3) is 7.77. The van der Waals surface area contributed by atoms with E-state index in [1.165, 1.54) is 5.56 Å². The Labute approximate surface area is 232 Å². The zero-order valence-corrected chi connectivity index (χ0v) is 22.8. The van der Waals surface area contributed by atoms with Crippen LogP contribution in [0.5, 0.6) is 23.1 Å². The second-order valence-corrected chi connectivity index (χ2v) is 10.5. The molecule has 1 aliphatic rings. The molecule has 2 aromatic heterocycles. The normalized spacial score (nSPS) is 13.7. The monoisotopic (exact) mass is 544 g/mol. The molecular weight excluding hydrogens is 512 g/mol. The fraction of sp³-hybridized carbons (Fsp3) is 0.300. The second kappa shape index (κ2) is 13.2. The lowest BCUT2D eigenvalue weighted by Gasteiger charge is -2.31. The van der Waals surface area contributed by atoms with Crippen LogP contribution in [-0.2, 0) is 13.5 Å². The van der Waals surface area contributed by atoms with Crippen LogP contribution in [0.3, 0.4) is 0 Å². The maximum atomic E-state index is 12.7. The van der Waals surface area contributed by atoms with Crippen LogP contribution in [0.4, 0.5) is 4.79 Å². The van der Waals surface area contributed by atoms with E-state index < -0.39 is 0 Å². The number of imidazole rings is 1. The Morgan fingerprint density at radius 1 is 0.923 bits per heavy atom. The summed E-state index contributed by atoms with van der Waals surface area (Å²) in [6.07, 6.45) is 7.83. The number of aryl methyl sites for hydroxylation is 2. The molecule has 4 aromatic rings. The third-order valence-electron chi connectivity index (χ3n) is 6.57. The van der Waals surface area contributed by atoms with E-state index in [0.29, 0.717) is 43.0 Å². The first-order valence-corrected chi connectivity index (χ1v) is 14.1. The number of likely N-dealkylation sites (tertiary alicyclic amines) is 1. The summed E-state index contributed by atoms with van der Waals surface area (Å²) < 4.78 is 19.4. The van der Waals surface area contributed by atoms with E-state index in [0.717, 1.165) is 35.9 Å². The van der Waals surface area contributed by atoms with E-state index >= 15 is 0 Å². The standard InChI is InChI=1S/C30H32N4O4S/c1-33-20-17-32-29(33)39-21-15-23-5-7-27(8-6-23)38-30(35)34-18-13-24(14-19-34)22-36-25-9-11-26(12-10-25)37-28-4-2-3-16-31-28/h2-12,16-17,20,24H,13-15,18-19,21-22H2,1H3. The number of carbonyl (C=O) groups excluding carboxylic acids is 1. The maximum absolute atomic E-state index is 12.7. The highest BCUT2D eigenvalue weighted by Crippen LogP contribution is 2.25. The first-order chi connectivity index (χ1) is 19.1. The smallest absolute Gasteiger partial charge is 0.415 e. The lowest BCUT2D eigenvalue weighted by atomic mass is 9.98. The molecule has 0 bridgehead atoms. The van der Waals surface area contributed by atoms with E-state index in [2.05, 4.69) is 9.97 Å². The lowest BCUT2D eigenvalue weighted by Crippen LogP contribution is -2.41. The number of benzene rings is 2. The number of rotatable bonds is 10. The number of hydrogen-bond acceptors (Lipinski definition) is 7. The molecule has 1 saturated heterocycles. The van der Waals surface area contributed by atoms with Gasteiger partial charge in [-0.15, -0.1) is 0 Å². The maximum Gasteiger partial charge on any atom is 0.415 e. The van der Waals surface area contributed by atoms with Crippen LogP contribution >= 0.6 is 11.8 Å². The number of piperidine rings is 1. The molecule has 202 valence electrons. The Balaban J connectivity index is 0.997. The Hall–Kier alpha value is -3.98. The molecule has 3 heterocycles. The van der Waals surface area contributed by atoms with Gasteiger partial charge in [-0.3, -0.25) is 0 Å². The molecule has 9 heteroatoms. The fourth-order valence-corrected chi connectivity index (χ4v) is 5.19. The zero-order chi connectivity index (χ0) is 26.9. The predicted molar refractivity (Wildman–Crippen MR) is 151 cm³/mol. The summed E-state index contributed by atoms with van der Waals surface area (Å²) in [5, 5.41) is 1.01. The van der Waals surface area contributed by atoms with Crippen LogP contribution in [0.1, 0.15) is 18.4 Å². The van der Waals surface area contributed by atoms with Crippen molar-refractivity contribution in [3.8, 4) is 23.1 Å². The summed E-state index contributed by atoms with van der Waals surface area (Å²) in [5.74, 6) is 3.96. The number of nitrogens with zero attached hydrogens (tertiary/aromatic N) is 4. The first kappa shape index (κ1) is 26.6. The number of pyridine rings is 1. The van der Waals surface area contributed by atoms with Gasteiger partial charge in [0.15, 0.2) is 5.16 Å². The minimum absolute atomic E-state index is 0.295. The van der Waals surface area contributed by atoms with Crippen LogP contribution in [0.15, 0.2) is 90.5 Å².